The Morgan fingerprint density at radius 2 is 1.82 bits per heavy atom. The highest BCUT2D eigenvalue weighted by atomic mass is 32.2. The molecule has 1 aromatic carbocycles. The maximum atomic E-state index is 12.3. The van der Waals surface area contributed by atoms with E-state index in [4.69, 9.17) is 4.52 Å². The Balaban J connectivity index is 2.08. The van der Waals surface area contributed by atoms with Crippen LogP contribution in [0, 0.1) is 0 Å². The second-order valence-corrected chi connectivity index (χ2v) is 6.96. The van der Waals surface area contributed by atoms with Gasteiger partial charge in [0.15, 0.2) is 5.82 Å². The summed E-state index contributed by atoms with van der Waals surface area (Å²) in [5.74, 6) is 0.897. The van der Waals surface area contributed by atoms with Crippen molar-refractivity contribution < 1.29 is 12.9 Å². The molecular formula is C16H22N2O3S. The van der Waals surface area contributed by atoms with Crippen LogP contribution in [0.2, 0.25) is 0 Å². The lowest BCUT2D eigenvalue weighted by molar-refractivity contribution is 0.385. The fraction of sp³-hybridized carbons (Fsp3) is 0.438. The average Bonchev–Trinajstić information content (AvgIpc) is 2.92. The van der Waals surface area contributed by atoms with E-state index in [-0.39, 0.29) is 10.7 Å². The van der Waals surface area contributed by atoms with Crippen LogP contribution in [-0.2, 0) is 22.9 Å². The summed E-state index contributed by atoms with van der Waals surface area (Å²) in [4.78, 5) is 0.229. The molecule has 0 fully saturated rings. The third kappa shape index (κ3) is 4.34. The molecule has 5 nitrogen and oxygen atoms in total. The SMILES string of the molecule is CCCCc1ccc(S(=O)(=O)Nc2cc(CCC)on2)cc1. The van der Waals surface area contributed by atoms with Crippen molar-refractivity contribution >= 4 is 15.8 Å². The number of benzene rings is 1. The Labute approximate surface area is 131 Å². The lowest BCUT2D eigenvalue weighted by Gasteiger charge is -2.06. The van der Waals surface area contributed by atoms with Gasteiger partial charge in [-0.05, 0) is 37.0 Å². The third-order valence-corrected chi connectivity index (χ3v) is 4.72. The van der Waals surface area contributed by atoms with Gasteiger partial charge in [0, 0.05) is 12.5 Å². The van der Waals surface area contributed by atoms with Crippen molar-refractivity contribution in [2.24, 2.45) is 0 Å². The topological polar surface area (TPSA) is 72.2 Å². The first-order valence-corrected chi connectivity index (χ1v) is 9.11. The van der Waals surface area contributed by atoms with E-state index in [0.717, 1.165) is 37.7 Å². The Morgan fingerprint density at radius 3 is 2.45 bits per heavy atom. The van der Waals surface area contributed by atoms with E-state index in [1.165, 1.54) is 0 Å². The molecule has 0 spiro atoms. The van der Waals surface area contributed by atoms with Crippen LogP contribution in [0.15, 0.2) is 39.8 Å². The maximum Gasteiger partial charge on any atom is 0.263 e. The number of nitrogens with one attached hydrogen (secondary N) is 1. The zero-order chi connectivity index (χ0) is 16.0. The van der Waals surface area contributed by atoms with Gasteiger partial charge in [0.2, 0.25) is 0 Å². The maximum absolute atomic E-state index is 12.3. The van der Waals surface area contributed by atoms with Gasteiger partial charge in [-0.2, -0.15) is 0 Å². The molecule has 2 aromatic rings. The fourth-order valence-electron chi connectivity index (χ4n) is 2.14. The van der Waals surface area contributed by atoms with Crippen LogP contribution in [-0.4, -0.2) is 13.6 Å². The van der Waals surface area contributed by atoms with Gasteiger partial charge in [-0.1, -0.05) is 37.6 Å². The van der Waals surface area contributed by atoms with Gasteiger partial charge >= 0.3 is 0 Å². The fourth-order valence-corrected chi connectivity index (χ4v) is 3.12. The summed E-state index contributed by atoms with van der Waals surface area (Å²) >= 11 is 0. The van der Waals surface area contributed by atoms with E-state index >= 15 is 0 Å². The van der Waals surface area contributed by atoms with Crippen LogP contribution in [0.4, 0.5) is 5.82 Å². The molecule has 6 heteroatoms. The summed E-state index contributed by atoms with van der Waals surface area (Å²) in [7, 11) is -3.62. The van der Waals surface area contributed by atoms with Crippen molar-refractivity contribution in [3.8, 4) is 0 Å². The van der Waals surface area contributed by atoms with Crippen molar-refractivity contribution in [2.45, 2.75) is 50.8 Å². The summed E-state index contributed by atoms with van der Waals surface area (Å²) in [6.07, 6.45) is 4.84. The molecule has 22 heavy (non-hydrogen) atoms. The molecule has 0 bridgehead atoms. The third-order valence-electron chi connectivity index (χ3n) is 3.35. The minimum Gasteiger partial charge on any atom is -0.359 e. The van der Waals surface area contributed by atoms with Gasteiger partial charge in [-0.25, -0.2) is 8.42 Å². The van der Waals surface area contributed by atoms with E-state index in [1.54, 1.807) is 18.2 Å². The number of hydrogen-bond donors (Lipinski definition) is 1. The molecule has 0 amide bonds. The van der Waals surface area contributed by atoms with E-state index in [1.807, 2.05) is 19.1 Å². The summed E-state index contributed by atoms with van der Waals surface area (Å²) in [6.45, 7) is 4.15. The quantitative estimate of drug-likeness (QED) is 0.803. The Morgan fingerprint density at radius 1 is 1.09 bits per heavy atom. The highest BCUT2D eigenvalue weighted by Crippen LogP contribution is 2.18. The summed E-state index contributed by atoms with van der Waals surface area (Å²) < 4.78 is 32.1. The van der Waals surface area contributed by atoms with E-state index < -0.39 is 10.0 Å². The van der Waals surface area contributed by atoms with Gasteiger partial charge < -0.3 is 4.52 Å². The zero-order valence-corrected chi connectivity index (χ0v) is 13.8. The lowest BCUT2D eigenvalue weighted by atomic mass is 10.1. The van der Waals surface area contributed by atoms with Gasteiger partial charge in [-0.15, -0.1) is 0 Å². The molecule has 1 heterocycles. The van der Waals surface area contributed by atoms with Crippen molar-refractivity contribution in [2.75, 3.05) is 4.72 Å². The van der Waals surface area contributed by atoms with Crippen molar-refractivity contribution in [1.29, 1.82) is 0 Å². The van der Waals surface area contributed by atoms with Crippen LogP contribution in [0.25, 0.3) is 0 Å². The minimum absolute atomic E-state index is 0.221. The molecule has 0 aliphatic carbocycles. The van der Waals surface area contributed by atoms with E-state index in [2.05, 4.69) is 16.8 Å². The molecule has 0 atom stereocenters. The molecule has 1 aromatic heterocycles. The van der Waals surface area contributed by atoms with Gasteiger partial charge in [0.25, 0.3) is 10.0 Å². The molecule has 0 unspecified atom stereocenters. The second-order valence-electron chi connectivity index (χ2n) is 5.28. The van der Waals surface area contributed by atoms with Crippen LogP contribution < -0.4 is 4.72 Å². The van der Waals surface area contributed by atoms with Gasteiger partial charge in [0.05, 0.1) is 4.90 Å². The summed E-state index contributed by atoms with van der Waals surface area (Å²) in [5, 5.41) is 3.74. The lowest BCUT2D eigenvalue weighted by Crippen LogP contribution is -2.13. The first-order chi connectivity index (χ1) is 10.5. The summed E-state index contributed by atoms with van der Waals surface area (Å²) in [6, 6.07) is 8.59. The number of rotatable bonds is 8. The number of sulfonamides is 1. The molecule has 1 N–H and O–H groups in total. The molecule has 0 aliphatic heterocycles. The molecule has 0 saturated carbocycles. The first kappa shape index (κ1) is 16.5. The highest BCUT2D eigenvalue weighted by Gasteiger charge is 2.16. The van der Waals surface area contributed by atoms with Gasteiger partial charge in [0.1, 0.15) is 5.76 Å². The zero-order valence-electron chi connectivity index (χ0n) is 13.0. The number of unbranched alkanes of at least 4 members (excludes halogenated alkanes) is 1. The number of hydrogen-bond acceptors (Lipinski definition) is 4. The Hall–Kier alpha value is -1.82. The predicted octanol–water partition coefficient (Wildman–Crippen LogP) is 3.77. The monoisotopic (exact) mass is 322 g/mol. The van der Waals surface area contributed by atoms with Crippen molar-refractivity contribution in [1.82, 2.24) is 5.16 Å². The molecule has 120 valence electrons. The molecular weight excluding hydrogens is 300 g/mol. The largest absolute Gasteiger partial charge is 0.359 e. The van der Waals surface area contributed by atoms with Crippen LogP contribution in [0.5, 0.6) is 0 Å². The number of nitrogens with zero attached hydrogens (tertiary/aromatic N) is 1. The highest BCUT2D eigenvalue weighted by molar-refractivity contribution is 7.92. The number of aryl methyl sites for hydroxylation is 2. The van der Waals surface area contributed by atoms with E-state index in [0.29, 0.717) is 5.76 Å². The second kappa shape index (κ2) is 7.45. The van der Waals surface area contributed by atoms with Gasteiger partial charge in [-0.3, -0.25) is 4.72 Å². The molecule has 0 radical (unpaired) electrons. The number of anilines is 1. The first-order valence-electron chi connectivity index (χ1n) is 7.62. The predicted molar refractivity (Wildman–Crippen MR) is 86.4 cm³/mol. The standard InChI is InChI=1S/C16H22N2O3S/c1-3-5-7-13-8-10-15(11-9-13)22(19,20)18-16-12-14(6-4-2)21-17-16/h8-12H,3-7H2,1-2H3,(H,17,18). The molecule has 0 aliphatic rings. The minimum atomic E-state index is -3.62. The Kier molecular flexibility index (Phi) is 5.60. The normalized spacial score (nSPS) is 11.5. The van der Waals surface area contributed by atoms with Crippen LogP contribution >= 0.6 is 0 Å². The Bertz CT molecular complexity index is 690. The average molecular weight is 322 g/mol. The molecule has 2 rings (SSSR count). The smallest absolute Gasteiger partial charge is 0.263 e. The van der Waals surface area contributed by atoms with E-state index in [9.17, 15) is 8.42 Å². The summed E-state index contributed by atoms with van der Waals surface area (Å²) in [5.41, 5.74) is 1.15. The van der Waals surface area contributed by atoms with Crippen molar-refractivity contribution in [3.63, 3.8) is 0 Å². The van der Waals surface area contributed by atoms with Crippen molar-refractivity contribution in [3.05, 3.63) is 41.7 Å². The molecule has 0 saturated heterocycles. The number of aromatic nitrogens is 1. The van der Waals surface area contributed by atoms with Crippen LogP contribution in [0.3, 0.4) is 0 Å². The van der Waals surface area contributed by atoms with Crippen LogP contribution in [0.1, 0.15) is 44.4 Å².